The van der Waals surface area contributed by atoms with E-state index in [1.54, 1.807) is 53.4 Å². The normalized spacial score (nSPS) is 16.3. The summed E-state index contributed by atoms with van der Waals surface area (Å²) in [6.07, 6.45) is 1.66. The molecule has 1 aliphatic rings. The molecule has 1 saturated heterocycles. The topological polar surface area (TPSA) is 83.1 Å². The molecule has 2 aromatic carbocycles. The highest BCUT2D eigenvalue weighted by Gasteiger charge is 2.32. The van der Waals surface area contributed by atoms with Crippen LogP contribution in [0.3, 0.4) is 0 Å². The minimum Gasteiger partial charge on any atom is -0.478 e. The van der Waals surface area contributed by atoms with Crippen LogP contribution in [0.4, 0.5) is 5.69 Å². The predicted octanol–water partition coefficient (Wildman–Crippen LogP) is 6.58. The lowest BCUT2D eigenvalue weighted by Crippen LogP contribution is -2.28. The number of carboxylic acids is 1. The summed E-state index contributed by atoms with van der Waals surface area (Å²) in [5.74, 6) is -0.154. The van der Waals surface area contributed by atoms with Gasteiger partial charge < -0.3 is 9.52 Å². The van der Waals surface area contributed by atoms with E-state index in [-0.39, 0.29) is 11.5 Å². The molecule has 1 aromatic heterocycles. The smallest absolute Gasteiger partial charge is 0.335 e. The minimum atomic E-state index is -1.01. The van der Waals surface area contributed by atoms with Crippen LogP contribution in [0, 0.1) is 0 Å². The van der Waals surface area contributed by atoms with Crippen LogP contribution in [0.2, 0.25) is 10.0 Å². The van der Waals surface area contributed by atoms with Crippen LogP contribution in [0.25, 0.3) is 17.4 Å². The van der Waals surface area contributed by atoms with Crippen molar-refractivity contribution in [3.05, 3.63) is 80.9 Å². The molecule has 0 unspecified atom stereocenters. The van der Waals surface area contributed by atoms with E-state index in [2.05, 4.69) is 4.99 Å². The van der Waals surface area contributed by atoms with Crippen LogP contribution < -0.4 is 0 Å². The van der Waals surface area contributed by atoms with Gasteiger partial charge in [-0.25, -0.2) is 9.79 Å². The van der Waals surface area contributed by atoms with Gasteiger partial charge >= 0.3 is 5.97 Å². The van der Waals surface area contributed by atoms with Gasteiger partial charge in [0, 0.05) is 23.2 Å². The van der Waals surface area contributed by atoms with Gasteiger partial charge in [-0.2, -0.15) is 0 Å². The lowest BCUT2D eigenvalue weighted by atomic mass is 10.2. The summed E-state index contributed by atoms with van der Waals surface area (Å²) in [5.41, 5.74) is 1.39. The van der Waals surface area contributed by atoms with Crippen LogP contribution in [0.5, 0.6) is 0 Å². The molecule has 2 heterocycles. The van der Waals surface area contributed by atoms with Crippen molar-refractivity contribution in [2.24, 2.45) is 4.99 Å². The number of benzene rings is 2. The summed E-state index contributed by atoms with van der Waals surface area (Å²) >= 11 is 13.5. The lowest BCUT2D eigenvalue weighted by molar-refractivity contribution is -0.122. The summed E-state index contributed by atoms with van der Waals surface area (Å²) in [7, 11) is 0. The number of carbonyl (C=O) groups excluding carboxylic acids is 1. The van der Waals surface area contributed by atoms with Crippen LogP contribution >= 0.6 is 35.0 Å². The Labute approximate surface area is 198 Å². The number of furan rings is 1. The number of carbonyl (C=O) groups is 2. The molecule has 9 heteroatoms. The van der Waals surface area contributed by atoms with Crippen molar-refractivity contribution in [2.45, 2.75) is 6.92 Å². The van der Waals surface area contributed by atoms with Gasteiger partial charge in [-0.3, -0.25) is 9.69 Å². The minimum absolute atomic E-state index is 0.172. The third-order valence-corrected chi connectivity index (χ3v) is 6.21. The fraction of sp³-hybridized carbons (Fsp3) is 0.0870. The first-order valence-electron chi connectivity index (χ1n) is 9.54. The van der Waals surface area contributed by atoms with E-state index in [0.717, 1.165) is 0 Å². The first-order chi connectivity index (χ1) is 15.4. The second-order valence-corrected chi connectivity index (χ2v) is 8.59. The molecule has 32 heavy (non-hydrogen) atoms. The molecule has 3 aromatic rings. The second kappa shape index (κ2) is 9.24. The van der Waals surface area contributed by atoms with Crippen LogP contribution in [0.15, 0.2) is 68.9 Å². The Balaban J connectivity index is 1.61. The van der Waals surface area contributed by atoms with Crippen molar-refractivity contribution < 1.29 is 19.1 Å². The third-order valence-electron chi connectivity index (χ3n) is 4.64. The molecular weight excluding hydrogens is 471 g/mol. The Bertz CT molecular complexity index is 1270. The number of likely N-dealkylation sites (N-methyl/N-ethyl adjacent to an activating group) is 1. The van der Waals surface area contributed by atoms with Gasteiger partial charge in [0.1, 0.15) is 11.5 Å². The molecule has 1 amide bonds. The van der Waals surface area contributed by atoms with Gasteiger partial charge in [-0.1, -0.05) is 23.2 Å². The van der Waals surface area contributed by atoms with E-state index in [0.29, 0.717) is 49.4 Å². The van der Waals surface area contributed by atoms with Gasteiger partial charge in [0.05, 0.1) is 21.2 Å². The second-order valence-electron chi connectivity index (χ2n) is 6.73. The molecule has 4 rings (SSSR count). The standard InChI is InChI=1S/C23H16Cl2N2O4S/c1-2-27-21(28)20(32-23(27)26-15-6-3-13(4-7-15)22(29)30)12-16-8-10-19(31-16)17-11-14(24)5-9-18(17)25/h3-12H,2H2,1H3,(H,29,30)/b20-12-,26-23?. The number of amides is 1. The van der Waals surface area contributed by atoms with Crippen molar-refractivity contribution in [2.75, 3.05) is 6.54 Å². The van der Waals surface area contributed by atoms with Gasteiger partial charge in [0.2, 0.25) is 0 Å². The molecule has 0 saturated carbocycles. The zero-order chi connectivity index (χ0) is 22.8. The largest absolute Gasteiger partial charge is 0.478 e. The molecule has 0 atom stereocenters. The first kappa shape index (κ1) is 22.2. The summed E-state index contributed by atoms with van der Waals surface area (Å²) < 4.78 is 5.87. The summed E-state index contributed by atoms with van der Waals surface area (Å²) in [4.78, 5) is 30.4. The monoisotopic (exact) mass is 486 g/mol. The van der Waals surface area contributed by atoms with E-state index < -0.39 is 5.97 Å². The fourth-order valence-electron chi connectivity index (χ4n) is 3.05. The molecule has 1 aliphatic heterocycles. The molecule has 1 N–H and O–H groups in total. The van der Waals surface area contributed by atoms with E-state index in [9.17, 15) is 9.59 Å². The van der Waals surface area contributed by atoms with Crippen molar-refractivity contribution in [3.8, 4) is 11.3 Å². The van der Waals surface area contributed by atoms with Crippen molar-refractivity contribution >= 4 is 63.8 Å². The van der Waals surface area contributed by atoms with E-state index in [4.69, 9.17) is 32.7 Å². The highest BCUT2D eigenvalue weighted by Crippen LogP contribution is 2.36. The van der Waals surface area contributed by atoms with E-state index >= 15 is 0 Å². The average Bonchev–Trinajstić information content (AvgIpc) is 3.35. The molecule has 162 valence electrons. The van der Waals surface area contributed by atoms with E-state index in [1.165, 1.54) is 23.9 Å². The Hall–Kier alpha value is -3.00. The molecular formula is C23H16Cl2N2O4S. The quantitative estimate of drug-likeness (QED) is 0.412. The zero-order valence-electron chi connectivity index (χ0n) is 16.7. The molecule has 0 radical (unpaired) electrons. The summed E-state index contributed by atoms with van der Waals surface area (Å²) in [6.45, 7) is 2.30. The number of halogens is 2. The number of nitrogens with zero attached hydrogens (tertiary/aromatic N) is 2. The maximum atomic E-state index is 12.9. The Morgan fingerprint density at radius 3 is 2.59 bits per heavy atom. The van der Waals surface area contributed by atoms with Crippen LogP contribution in [0.1, 0.15) is 23.0 Å². The van der Waals surface area contributed by atoms with Crippen LogP contribution in [-0.4, -0.2) is 33.6 Å². The molecule has 6 nitrogen and oxygen atoms in total. The number of aromatic carboxylic acids is 1. The number of aliphatic imine (C=N–C) groups is 1. The zero-order valence-corrected chi connectivity index (χ0v) is 19.0. The number of rotatable bonds is 5. The number of hydrogen-bond donors (Lipinski definition) is 1. The summed E-state index contributed by atoms with van der Waals surface area (Å²) in [5, 5.41) is 10.6. The average molecular weight is 487 g/mol. The number of amidine groups is 1. The molecule has 0 bridgehead atoms. The molecule has 0 aliphatic carbocycles. The van der Waals surface area contributed by atoms with Crippen LogP contribution in [-0.2, 0) is 4.79 Å². The maximum Gasteiger partial charge on any atom is 0.335 e. The van der Waals surface area contributed by atoms with Gasteiger partial charge in [-0.05, 0) is 73.3 Å². The SMILES string of the molecule is CCN1C(=O)/C(=C/c2ccc(-c3cc(Cl)ccc3Cl)o2)SC1=Nc1ccc(C(=O)O)cc1. The Kier molecular flexibility index (Phi) is 6.41. The Morgan fingerprint density at radius 1 is 1.16 bits per heavy atom. The van der Waals surface area contributed by atoms with E-state index in [1.807, 2.05) is 6.92 Å². The maximum absolute atomic E-state index is 12.9. The van der Waals surface area contributed by atoms with Crippen molar-refractivity contribution in [3.63, 3.8) is 0 Å². The number of hydrogen-bond acceptors (Lipinski definition) is 5. The third kappa shape index (κ3) is 4.60. The Morgan fingerprint density at radius 2 is 1.91 bits per heavy atom. The van der Waals surface area contributed by atoms with Crippen molar-refractivity contribution in [1.29, 1.82) is 0 Å². The fourth-order valence-corrected chi connectivity index (χ4v) is 4.48. The lowest BCUT2D eigenvalue weighted by Gasteiger charge is -2.11. The van der Waals surface area contributed by atoms with Gasteiger partial charge in [-0.15, -0.1) is 0 Å². The molecule has 1 fully saturated rings. The molecule has 0 spiro atoms. The van der Waals surface area contributed by atoms with Crippen molar-refractivity contribution in [1.82, 2.24) is 4.90 Å². The van der Waals surface area contributed by atoms with Gasteiger partial charge in [0.25, 0.3) is 5.91 Å². The summed E-state index contributed by atoms with van der Waals surface area (Å²) in [6, 6.07) is 14.8. The number of carboxylic acid groups (broad SMARTS) is 1. The van der Waals surface area contributed by atoms with Gasteiger partial charge in [0.15, 0.2) is 5.17 Å². The number of thioether (sulfide) groups is 1. The highest BCUT2D eigenvalue weighted by molar-refractivity contribution is 8.18. The highest BCUT2D eigenvalue weighted by atomic mass is 35.5. The predicted molar refractivity (Wildman–Crippen MR) is 128 cm³/mol. The first-order valence-corrected chi connectivity index (χ1v) is 11.1.